The fourth-order valence-electron chi connectivity index (χ4n) is 1.85. The molecule has 5 heteroatoms. The van der Waals surface area contributed by atoms with E-state index < -0.39 is 11.8 Å². The zero-order valence-electron chi connectivity index (χ0n) is 11.9. The maximum atomic E-state index is 13.9. The first-order valence-corrected chi connectivity index (χ1v) is 6.49. The Labute approximate surface area is 122 Å². The lowest BCUT2D eigenvalue weighted by Crippen LogP contribution is -2.06. The molecule has 2 rings (SSSR count). The molecule has 4 nitrogen and oxygen atoms in total. The number of methoxy groups -OCH3 is 1. The number of benzene rings is 2. The molecule has 2 N–H and O–H groups in total. The first-order valence-electron chi connectivity index (χ1n) is 6.49. The molecule has 110 valence electrons. The second-order valence-electron chi connectivity index (χ2n) is 4.46. The van der Waals surface area contributed by atoms with Crippen LogP contribution in [-0.4, -0.2) is 13.1 Å². The summed E-state index contributed by atoms with van der Waals surface area (Å²) in [6.07, 6.45) is 0.906. The SMILES string of the molecule is CCc1ccc(Oc2cc(C(=O)OC)c(N)cc2F)cc1. The number of anilines is 1. The van der Waals surface area contributed by atoms with Crippen LogP contribution in [0.4, 0.5) is 10.1 Å². The number of aryl methyl sites for hydroxylation is 1. The molecule has 0 aliphatic rings. The molecule has 0 bridgehead atoms. The lowest BCUT2D eigenvalue weighted by molar-refractivity contribution is 0.0601. The van der Waals surface area contributed by atoms with Crippen molar-refractivity contribution in [2.75, 3.05) is 12.8 Å². The van der Waals surface area contributed by atoms with Gasteiger partial charge in [-0.25, -0.2) is 9.18 Å². The predicted molar refractivity (Wildman–Crippen MR) is 78.0 cm³/mol. The van der Waals surface area contributed by atoms with Crippen molar-refractivity contribution in [3.05, 3.63) is 53.3 Å². The van der Waals surface area contributed by atoms with E-state index in [1.165, 1.54) is 13.2 Å². The van der Waals surface area contributed by atoms with Crippen molar-refractivity contribution in [3.8, 4) is 11.5 Å². The number of ether oxygens (including phenoxy) is 2. The standard InChI is InChI=1S/C16H16FNO3/c1-3-10-4-6-11(7-5-10)21-15-8-12(16(19)20-2)14(18)9-13(15)17/h4-9H,3,18H2,1-2H3. The number of carbonyl (C=O) groups is 1. The maximum absolute atomic E-state index is 13.9. The monoisotopic (exact) mass is 289 g/mol. The summed E-state index contributed by atoms with van der Waals surface area (Å²) in [6.45, 7) is 2.04. The first kappa shape index (κ1) is 14.8. The fourth-order valence-corrected chi connectivity index (χ4v) is 1.85. The van der Waals surface area contributed by atoms with Crippen LogP contribution in [0.3, 0.4) is 0 Å². The fraction of sp³-hybridized carbons (Fsp3) is 0.188. The van der Waals surface area contributed by atoms with Crippen LogP contribution < -0.4 is 10.5 Å². The second kappa shape index (κ2) is 6.26. The molecule has 0 saturated carbocycles. The summed E-state index contributed by atoms with van der Waals surface area (Å²) in [5.41, 5.74) is 6.83. The number of hydrogen-bond acceptors (Lipinski definition) is 4. The van der Waals surface area contributed by atoms with Gasteiger partial charge < -0.3 is 15.2 Å². The topological polar surface area (TPSA) is 61.5 Å². The van der Waals surface area contributed by atoms with Crippen LogP contribution in [-0.2, 0) is 11.2 Å². The van der Waals surface area contributed by atoms with Crippen molar-refractivity contribution in [1.82, 2.24) is 0 Å². The third-order valence-electron chi connectivity index (χ3n) is 3.07. The van der Waals surface area contributed by atoms with Crippen LogP contribution in [0.15, 0.2) is 36.4 Å². The van der Waals surface area contributed by atoms with Gasteiger partial charge in [0.1, 0.15) is 5.75 Å². The highest BCUT2D eigenvalue weighted by atomic mass is 19.1. The lowest BCUT2D eigenvalue weighted by atomic mass is 10.1. The van der Waals surface area contributed by atoms with Gasteiger partial charge in [0.25, 0.3) is 0 Å². The minimum atomic E-state index is -0.640. The summed E-state index contributed by atoms with van der Waals surface area (Å²) in [6, 6.07) is 9.56. The molecule has 0 unspecified atom stereocenters. The van der Waals surface area contributed by atoms with Crippen molar-refractivity contribution in [2.45, 2.75) is 13.3 Å². The van der Waals surface area contributed by atoms with Crippen LogP contribution in [0.2, 0.25) is 0 Å². The van der Waals surface area contributed by atoms with Gasteiger partial charge in [-0.2, -0.15) is 0 Å². The van der Waals surface area contributed by atoms with Gasteiger partial charge in [0.2, 0.25) is 0 Å². The zero-order chi connectivity index (χ0) is 15.4. The third-order valence-corrected chi connectivity index (χ3v) is 3.07. The molecular formula is C16H16FNO3. The molecule has 0 amide bonds. The lowest BCUT2D eigenvalue weighted by Gasteiger charge is -2.10. The Morgan fingerprint density at radius 3 is 2.48 bits per heavy atom. The summed E-state index contributed by atoms with van der Waals surface area (Å²) in [5, 5.41) is 0. The Morgan fingerprint density at radius 2 is 1.90 bits per heavy atom. The Hall–Kier alpha value is -2.56. The Kier molecular flexibility index (Phi) is 4.42. The van der Waals surface area contributed by atoms with E-state index >= 15 is 0 Å². The van der Waals surface area contributed by atoms with Crippen molar-refractivity contribution < 1.29 is 18.7 Å². The minimum absolute atomic E-state index is 0.00744. The predicted octanol–water partition coefficient (Wildman–Crippen LogP) is 3.55. The Bertz CT molecular complexity index is 653. The normalized spacial score (nSPS) is 10.2. The van der Waals surface area contributed by atoms with Crippen molar-refractivity contribution in [2.24, 2.45) is 0 Å². The molecular weight excluding hydrogens is 273 g/mol. The first-order chi connectivity index (χ1) is 10.0. The molecule has 0 saturated heterocycles. The van der Waals surface area contributed by atoms with Gasteiger partial charge in [0.05, 0.1) is 12.7 Å². The average molecular weight is 289 g/mol. The van der Waals surface area contributed by atoms with E-state index in [1.54, 1.807) is 12.1 Å². The van der Waals surface area contributed by atoms with Gasteiger partial charge in [0.15, 0.2) is 11.6 Å². The molecule has 2 aromatic carbocycles. The summed E-state index contributed by atoms with van der Waals surface area (Å²) in [7, 11) is 1.23. The Balaban J connectivity index is 2.32. The van der Waals surface area contributed by atoms with E-state index in [-0.39, 0.29) is 17.0 Å². The van der Waals surface area contributed by atoms with E-state index in [0.717, 1.165) is 18.1 Å². The highest BCUT2D eigenvalue weighted by Crippen LogP contribution is 2.29. The number of nitrogens with two attached hydrogens (primary N) is 1. The number of rotatable bonds is 4. The number of nitrogen functional groups attached to an aromatic ring is 1. The van der Waals surface area contributed by atoms with Crippen LogP contribution in [0.1, 0.15) is 22.8 Å². The van der Waals surface area contributed by atoms with E-state index in [0.29, 0.717) is 5.75 Å². The molecule has 0 aromatic heterocycles. The second-order valence-corrected chi connectivity index (χ2v) is 4.46. The third kappa shape index (κ3) is 3.31. The van der Waals surface area contributed by atoms with E-state index in [4.69, 9.17) is 10.5 Å². The number of halogens is 1. The molecule has 0 aliphatic carbocycles. The van der Waals surface area contributed by atoms with Crippen LogP contribution in [0.5, 0.6) is 11.5 Å². The van der Waals surface area contributed by atoms with Gasteiger partial charge in [-0.05, 0) is 24.1 Å². The molecule has 0 fully saturated rings. The van der Waals surface area contributed by atoms with E-state index in [9.17, 15) is 9.18 Å². The highest BCUT2D eigenvalue weighted by Gasteiger charge is 2.16. The smallest absolute Gasteiger partial charge is 0.340 e. The van der Waals surface area contributed by atoms with Gasteiger partial charge in [-0.1, -0.05) is 19.1 Å². The molecule has 0 spiro atoms. The van der Waals surface area contributed by atoms with Crippen molar-refractivity contribution >= 4 is 11.7 Å². The van der Waals surface area contributed by atoms with Crippen molar-refractivity contribution in [3.63, 3.8) is 0 Å². The van der Waals surface area contributed by atoms with Crippen LogP contribution >= 0.6 is 0 Å². The summed E-state index contributed by atoms with van der Waals surface area (Å²) in [4.78, 5) is 11.6. The van der Waals surface area contributed by atoms with E-state index in [2.05, 4.69) is 4.74 Å². The molecule has 21 heavy (non-hydrogen) atoms. The molecule has 0 aliphatic heterocycles. The van der Waals surface area contributed by atoms with E-state index in [1.807, 2.05) is 19.1 Å². The molecule has 0 heterocycles. The summed E-state index contributed by atoms with van der Waals surface area (Å²) >= 11 is 0. The number of esters is 1. The zero-order valence-corrected chi connectivity index (χ0v) is 11.9. The molecule has 2 aromatic rings. The number of hydrogen-bond donors (Lipinski definition) is 1. The van der Waals surface area contributed by atoms with Gasteiger partial charge in [-0.15, -0.1) is 0 Å². The quantitative estimate of drug-likeness (QED) is 0.690. The van der Waals surface area contributed by atoms with Crippen molar-refractivity contribution in [1.29, 1.82) is 0 Å². The molecule has 0 atom stereocenters. The maximum Gasteiger partial charge on any atom is 0.340 e. The summed E-state index contributed by atoms with van der Waals surface area (Å²) in [5.74, 6) is -0.876. The minimum Gasteiger partial charge on any atom is -0.465 e. The number of carbonyl (C=O) groups excluding carboxylic acids is 1. The highest BCUT2D eigenvalue weighted by molar-refractivity contribution is 5.95. The Morgan fingerprint density at radius 1 is 1.24 bits per heavy atom. The van der Waals surface area contributed by atoms with Gasteiger partial charge in [-0.3, -0.25) is 0 Å². The largest absolute Gasteiger partial charge is 0.465 e. The van der Waals surface area contributed by atoms with Crippen LogP contribution in [0.25, 0.3) is 0 Å². The molecule has 0 radical (unpaired) electrons. The summed E-state index contributed by atoms with van der Waals surface area (Å²) < 4.78 is 23.9. The average Bonchev–Trinajstić information content (AvgIpc) is 2.50. The van der Waals surface area contributed by atoms with Crippen LogP contribution in [0, 0.1) is 5.82 Å². The van der Waals surface area contributed by atoms with Gasteiger partial charge >= 0.3 is 5.97 Å². The van der Waals surface area contributed by atoms with Gasteiger partial charge in [0, 0.05) is 17.8 Å².